The number of hydrogen-bond donors (Lipinski definition) is 2. The zero-order valence-corrected chi connectivity index (χ0v) is 16.3. The van der Waals surface area contributed by atoms with E-state index in [1.54, 1.807) is 6.92 Å². The number of nitrogens with one attached hydrogen (secondary N) is 1. The third-order valence-corrected chi connectivity index (χ3v) is 5.58. The standard InChI is InChI=1S/C20H24N2O4S/c1-12(26-11-15-9-6-10-25-15)19(24)22-20-17(18(21)23)16(13(2)27-20)14-7-4-3-5-8-14/h3-5,7-8,12,15H,6,9-11H2,1-2H3,(H2,21,23)(H,22,24). The number of anilines is 1. The molecule has 2 heterocycles. The zero-order chi connectivity index (χ0) is 19.4. The first-order valence-electron chi connectivity index (χ1n) is 9.00. The van der Waals surface area contributed by atoms with Crippen LogP contribution in [0.1, 0.15) is 35.0 Å². The van der Waals surface area contributed by atoms with Gasteiger partial charge in [-0.1, -0.05) is 30.3 Å². The highest BCUT2D eigenvalue weighted by Gasteiger charge is 2.25. The van der Waals surface area contributed by atoms with Gasteiger partial charge < -0.3 is 20.5 Å². The second kappa shape index (κ2) is 8.65. The Hall–Kier alpha value is -2.22. The van der Waals surface area contributed by atoms with E-state index in [1.165, 1.54) is 11.3 Å². The quantitative estimate of drug-likeness (QED) is 0.761. The number of carbonyl (C=O) groups is 2. The van der Waals surface area contributed by atoms with Crippen molar-refractivity contribution in [2.45, 2.75) is 38.9 Å². The predicted molar refractivity (Wildman–Crippen MR) is 106 cm³/mol. The predicted octanol–water partition coefficient (Wildman–Crippen LogP) is 3.35. The lowest BCUT2D eigenvalue weighted by Gasteiger charge is -2.16. The van der Waals surface area contributed by atoms with Crippen LogP contribution in [0, 0.1) is 6.92 Å². The molecule has 0 saturated carbocycles. The number of carbonyl (C=O) groups excluding carboxylic acids is 2. The molecule has 1 fully saturated rings. The minimum atomic E-state index is -0.655. The minimum Gasteiger partial charge on any atom is -0.376 e. The lowest BCUT2D eigenvalue weighted by Crippen LogP contribution is -2.31. The van der Waals surface area contributed by atoms with E-state index in [2.05, 4.69) is 5.32 Å². The normalized spacial score (nSPS) is 17.6. The molecule has 1 aromatic carbocycles. The molecule has 2 aromatic rings. The molecule has 3 N–H and O–H groups in total. The Balaban J connectivity index is 1.76. The zero-order valence-electron chi connectivity index (χ0n) is 15.5. The van der Waals surface area contributed by atoms with Crippen LogP contribution in [0.15, 0.2) is 30.3 Å². The number of ether oxygens (including phenoxy) is 2. The molecule has 0 radical (unpaired) electrons. The molecule has 1 saturated heterocycles. The molecule has 2 atom stereocenters. The highest BCUT2D eigenvalue weighted by atomic mass is 32.1. The molecule has 1 aliphatic rings. The van der Waals surface area contributed by atoms with Crippen LogP contribution in [-0.2, 0) is 14.3 Å². The molecule has 2 amide bonds. The molecule has 1 aromatic heterocycles. The summed E-state index contributed by atoms with van der Waals surface area (Å²) in [6.45, 7) is 4.72. The van der Waals surface area contributed by atoms with E-state index in [4.69, 9.17) is 15.2 Å². The lowest BCUT2D eigenvalue weighted by molar-refractivity contribution is -0.128. The van der Waals surface area contributed by atoms with E-state index in [0.717, 1.165) is 35.5 Å². The van der Waals surface area contributed by atoms with Crippen LogP contribution in [-0.4, -0.2) is 37.2 Å². The Bertz CT molecular complexity index is 813. The Kier molecular flexibility index (Phi) is 6.26. The third kappa shape index (κ3) is 4.55. The molecule has 0 aliphatic carbocycles. The summed E-state index contributed by atoms with van der Waals surface area (Å²) >= 11 is 1.34. The second-order valence-corrected chi connectivity index (χ2v) is 7.79. The maximum atomic E-state index is 12.5. The van der Waals surface area contributed by atoms with Crippen LogP contribution in [0.5, 0.6) is 0 Å². The molecule has 144 valence electrons. The van der Waals surface area contributed by atoms with Crippen LogP contribution < -0.4 is 11.1 Å². The summed E-state index contributed by atoms with van der Waals surface area (Å²) in [5.41, 5.74) is 7.62. The van der Waals surface area contributed by atoms with Gasteiger partial charge in [0.25, 0.3) is 11.8 Å². The van der Waals surface area contributed by atoms with Crippen LogP contribution in [0.2, 0.25) is 0 Å². The van der Waals surface area contributed by atoms with E-state index < -0.39 is 12.0 Å². The second-order valence-electron chi connectivity index (χ2n) is 6.57. The first-order valence-corrected chi connectivity index (χ1v) is 9.81. The fraction of sp³-hybridized carbons (Fsp3) is 0.400. The summed E-state index contributed by atoms with van der Waals surface area (Å²) in [7, 11) is 0. The molecule has 7 heteroatoms. The Morgan fingerprint density at radius 3 is 2.74 bits per heavy atom. The van der Waals surface area contributed by atoms with Gasteiger partial charge in [0.1, 0.15) is 11.1 Å². The van der Waals surface area contributed by atoms with Gasteiger partial charge in [0.15, 0.2) is 0 Å². The SMILES string of the molecule is Cc1sc(NC(=O)C(C)OCC2CCCO2)c(C(N)=O)c1-c1ccccc1. The highest BCUT2D eigenvalue weighted by Crippen LogP contribution is 2.39. The summed E-state index contributed by atoms with van der Waals surface area (Å²) in [5, 5.41) is 3.27. The van der Waals surface area contributed by atoms with Crippen molar-refractivity contribution in [3.63, 3.8) is 0 Å². The number of hydrogen-bond acceptors (Lipinski definition) is 5. The highest BCUT2D eigenvalue weighted by molar-refractivity contribution is 7.17. The Labute approximate surface area is 162 Å². The first-order chi connectivity index (χ1) is 13.0. The smallest absolute Gasteiger partial charge is 0.253 e. The molecule has 27 heavy (non-hydrogen) atoms. The van der Waals surface area contributed by atoms with Crippen molar-refractivity contribution in [1.29, 1.82) is 0 Å². The topological polar surface area (TPSA) is 90.7 Å². The Morgan fingerprint density at radius 2 is 2.11 bits per heavy atom. The lowest BCUT2D eigenvalue weighted by atomic mass is 10.0. The van der Waals surface area contributed by atoms with E-state index in [1.807, 2.05) is 37.3 Å². The van der Waals surface area contributed by atoms with Gasteiger partial charge in [0, 0.05) is 17.0 Å². The molecule has 0 bridgehead atoms. The van der Waals surface area contributed by atoms with Gasteiger partial charge in [-0.25, -0.2) is 0 Å². The monoisotopic (exact) mass is 388 g/mol. The van der Waals surface area contributed by atoms with E-state index in [-0.39, 0.29) is 12.0 Å². The maximum Gasteiger partial charge on any atom is 0.253 e. The number of primary amides is 1. The number of thiophene rings is 1. The van der Waals surface area contributed by atoms with Crippen molar-refractivity contribution < 1.29 is 19.1 Å². The molecule has 2 unspecified atom stereocenters. The molecule has 3 rings (SSSR count). The number of benzene rings is 1. The fourth-order valence-corrected chi connectivity index (χ4v) is 4.22. The van der Waals surface area contributed by atoms with Crippen molar-refractivity contribution in [1.82, 2.24) is 0 Å². The van der Waals surface area contributed by atoms with Crippen LogP contribution in [0.3, 0.4) is 0 Å². The summed E-state index contributed by atoms with van der Waals surface area (Å²) in [6.07, 6.45) is 1.37. The van der Waals surface area contributed by atoms with Crippen molar-refractivity contribution in [3.8, 4) is 11.1 Å². The third-order valence-electron chi connectivity index (χ3n) is 4.56. The van der Waals surface area contributed by atoms with Gasteiger partial charge in [-0.15, -0.1) is 11.3 Å². The van der Waals surface area contributed by atoms with Crippen molar-refractivity contribution >= 4 is 28.2 Å². The van der Waals surface area contributed by atoms with E-state index >= 15 is 0 Å². The van der Waals surface area contributed by atoms with Gasteiger partial charge in [0.2, 0.25) is 0 Å². The maximum absolute atomic E-state index is 12.5. The summed E-state index contributed by atoms with van der Waals surface area (Å²) in [5.74, 6) is -0.877. The summed E-state index contributed by atoms with van der Waals surface area (Å²) in [4.78, 5) is 25.6. The van der Waals surface area contributed by atoms with E-state index in [9.17, 15) is 9.59 Å². The largest absolute Gasteiger partial charge is 0.376 e. The molecule has 0 spiro atoms. The summed E-state index contributed by atoms with van der Waals surface area (Å²) < 4.78 is 11.1. The van der Waals surface area contributed by atoms with Gasteiger partial charge >= 0.3 is 0 Å². The first kappa shape index (κ1) is 19.5. The molecular formula is C20H24N2O4S. The Morgan fingerprint density at radius 1 is 1.37 bits per heavy atom. The van der Waals surface area contributed by atoms with Crippen molar-refractivity contribution in [3.05, 3.63) is 40.8 Å². The van der Waals surface area contributed by atoms with E-state index in [0.29, 0.717) is 17.2 Å². The number of nitrogens with two attached hydrogens (primary N) is 1. The number of aryl methyl sites for hydroxylation is 1. The van der Waals surface area contributed by atoms with Crippen molar-refractivity contribution in [2.75, 3.05) is 18.5 Å². The molecule has 6 nitrogen and oxygen atoms in total. The van der Waals surface area contributed by atoms with Crippen LogP contribution in [0.25, 0.3) is 11.1 Å². The number of amides is 2. The van der Waals surface area contributed by atoms with Crippen LogP contribution >= 0.6 is 11.3 Å². The average molecular weight is 388 g/mol. The van der Waals surface area contributed by atoms with Gasteiger partial charge in [-0.05, 0) is 32.3 Å². The average Bonchev–Trinajstić information content (AvgIpc) is 3.27. The van der Waals surface area contributed by atoms with Gasteiger partial charge in [-0.2, -0.15) is 0 Å². The fourth-order valence-electron chi connectivity index (χ4n) is 3.14. The van der Waals surface area contributed by atoms with Crippen LogP contribution in [0.4, 0.5) is 5.00 Å². The molecular weight excluding hydrogens is 364 g/mol. The number of rotatable bonds is 7. The minimum absolute atomic E-state index is 0.0510. The van der Waals surface area contributed by atoms with Crippen molar-refractivity contribution in [2.24, 2.45) is 5.73 Å². The molecule has 1 aliphatic heterocycles. The van der Waals surface area contributed by atoms with Gasteiger partial charge in [0.05, 0.1) is 18.3 Å². The van der Waals surface area contributed by atoms with Gasteiger partial charge in [-0.3, -0.25) is 9.59 Å². The summed E-state index contributed by atoms with van der Waals surface area (Å²) in [6, 6.07) is 9.54.